The molecule has 0 saturated heterocycles. The summed E-state index contributed by atoms with van der Waals surface area (Å²) in [7, 11) is 0. The van der Waals surface area contributed by atoms with Gasteiger partial charge in [0.25, 0.3) is 0 Å². The quantitative estimate of drug-likeness (QED) is 0.906. The van der Waals surface area contributed by atoms with Gasteiger partial charge < -0.3 is 5.32 Å². The van der Waals surface area contributed by atoms with Crippen molar-refractivity contribution in [1.29, 1.82) is 0 Å². The predicted octanol–water partition coefficient (Wildman–Crippen LogP) is 3.45. The van der Waals surface area contributed by atoms with E-state index in [-0.39, 0.29) is 5.82 Å². The van der Waals surface area contributed by atoms with Crippen molar-refractivity contribution in [2.24, 2.45) is 0 Å². The summed E-state index contributed by atoms with van der Waals surface area (Å²) in [5.74, 6) is -0.201. The smallest absolute Gasteiger partial charge is 0.123 e. The minimum absolute atomic E-state index is 0.201. The highest BCUT2D eigenvalue weighted by Crippen LogP contribution is 2.28. The van der Waals surface area contributed by atoms with Crippen molar-refractivity contribution in [3.8, 4) is 11.1 Å². The fraction of sp³-hybridized carbons (Fsp3) is 0.312. The van der Waals surface area contributed by atoms with Crippen LogP contribution >= 0.6 is 0 Å². The molecule has 1 aliphatic rings. The molecule has 3 heteroatoms. The zero-order chi connectivity index (χ0) is 13.2. The second kappa shape index (κ2) is 5.10. The number of hydrogen-bond donors (Lipinski definition) is 1. The van der Waals surface area contributed by atoms with Crippen LogP contribution in [-0.4, -0.2) is 11.0 Å². The molecule has 1 aromatic heterocycles. The zero-order valence-electron chi connectivity index (χ0n) is 11.0. The lowest BCUT2D eigenvalue weighted by molar-refractivity contribution is 0.625. The van der Waals surface area contributed by atoms with Gasteiger partial charge in [0.1, 0.15) is 5.82 Å². The molecule has 19 heavy (non-hydrogen) atoms. The summed E-state index contributed by atoms with van der Waals surface area (Å²) >= 11 is 0. The van der Waals surface area contributed by atoms with E-state index < -0.39 is 0 Å². The van der Waals surface area contributed by atoms with Gasteiger partial charge in [-0.15, -0.1) is 0 Å². The van der Waals surface area contributed by atoms with Crippen LogP contribution in [0.1, 0.15) is 24.0 Å². The van der Waals surface area contributed by atoms with E-state index in [1.165, 1.54) is 18.9 Å². The number of aromatic nitrogens is 1. The molecule has 0 bridgehead atoms. The molecule has 0 spiro atoms. The van der Waals surface area contributed by atoms with Gasteiger partial charge >= 0.3 is 0 Å². The number of nitrogens with one attached hydrogen (secondary N) is 1. The van der Waals surface area contributed by atoms with E-state index >= 15 is 0 Å². The summed E-state index contributed by atoms with van der Waals surface area (Å²) in [6.45, 7) is 2.81. The maximum atomic E-state index is 13.5. The number of aryl methyl sites for hydroxylation is 1. The van der Waals surface area contributed by atoms with E-state index in [1.807, 2.05) is 25.3 Å². The van der Waals surface area contributed by atoms with Crippen molar-refractivity contribution in [2.75, 3.05) is 0 Å². The maximum absolute atomic E-state index is 13.5. The standard InChI is InChI=1S/C16H17FN2/c1-11-6-7-18-10-16(11)15-8-13(17)3-2-12(15)9-19-14-4-5-14/h2-3,6-8,10,14,19H,4-5,9H2,1H3. The Bertz CT molecular complexity index is 591. The average molecular weight is 256 g/mol. The molecule has 0 amide bonds. The SMILES string of the molecule is Cc1ccncc1-c1cc(F)ccc1CNC1CC1. The van der Waals surface area contributed by atoms with Gasteiger partial charge in [-0.3, -0.25) is 4.98 Å². The topological polar surface area (TPSA) is 24.9 Å². The van der Waals surface area contributed by atoms with Gasteiger partial charge in [-0.2, -0.15) is 0 Å². The minimum atomic E-state index is -0.201. The van der Waals surface area contributed by atoms with Crippen LogP contribution in [0.15, 0.2) is 36.7 Å². The van der Waals surface area contributed by atoms with Gasteiger partial charge in [0.2, 0.25) is 0 Å². The lowest BCUT2D eigenvalue weighted by Gasteiger charge is -2.12. The zero-order valence-corrected chi connectivity index (χ0v) is 11.0. The number of nitrogens with zero attached hydrogens (tertiary/aromatic N) is 1. The van der Waals surface area contributed by atoms with Gasteiger partial charge in [0.15, 0.2) is 0 Å². The number of halogens is 1. The van der Waals surface area contributed by atoms with Crippen molar-refractivity contribution in [2.45, 2.75) is 32.4 Å². The summed E-state index contributed by atoms with van der Waals surface area (Å²) in [6, 6.07) is 7.60. The molecule has 2 nitrogen and oxygen atoms in total. The molecule has 1 fully saturated rings. The van der Waals surface area contributed by atoms with Crippen LogP contribution < -0.4 is 5.32 Å². The molecule has 0 unspecified atom stereocenters. The largest absolute Gasteiger partial charge is 0.310 e. The first-order valence-electron chi connectivity index (χ1n) is 6.67. The van der Waals surface area contributed by atoms with Crippen molar-refractivity contribution in [1.82, 2.24) is 10.3 Å². The van der Waals surface area contributed by atoms with Gasteiger partial charge in [-0.1, -0.05) is 6.07 Å². The Morgan fingerprint density at radius 3 is 2.84 bits per heavy atom. The van der Waals surface area contributed by atoms with Crippen LogP contribution in [0.5, 0.6) is 0 Å². The highest BCUT2D eigenvalue weighted by Gasteiger charge is 2.20. The van der Waals surface area contributed by atoms with Crippen LogP contribution in [-0.2, 0) is 6.54 Å². The van der Waals surface area contributed by atoms with Crippen molar-refractivity contribution < 1.29 is 4.39 Å². The Labute approximate surface area is 112 Å². The minimum Gasteiger partial charge on any atom is -0.310 e. The van der Waals surface area contributed by atoms with E-state index in [1.54, 1.807) is 12.3 Å². The normalized spacial score (nSPS) is 14.6. The van der Waals surface area contributed by atoms with E-state index in [9.17, 15) is 4.39 Å². The Kier molecular flexibility index (Phi) is 3.30. The van der Waals surface area contributed by atoms with Gasteiger partial charge in [-0.25, -0.2) is 4.39 Å². The Hall–Kier alpha value is -1.74. The average Bonchev–Trinajstić information content (AvgIpc) is 3.22. The van der Waals surface area contributed by atoms with Gasteiger partial charge in [0.05, 0.1) is 0 Å². The molecule has 1 aliphatic carbocycles. The maximum Gasteiger partial charge on any atom is 0.123 e. The summed E-state index contributed by atoms with van der Waals surface area (Å²) in [6.07, 6.45) is 6.08. The third-order valence-corrected chi connectivity index (χ3v) is 3.56. The first-order valence-corrected chi connectivity index (χ1v) is 6.67. The van der Waals surface area contributed by atoms with E-state index in [2.05, 4.69) is 10.3 Å². The summed E-state index contributed by atoms with van der Waals surface area (Å²) in [5.41, 5.74) is 4.20. The van der Waals surface area contributed by atoms with E-state index in [0.717, 1.165) is 28.8 Å². The summed E-state index contributed by atoms with van der Waals surface area (Å²) < 4.78 is 13.5. The van der Waals surface area contributed by atoms with Crippen molar-refractivity contribution in [3.63, 3.8) is 0 Å². The molecule has 1 saturated carbocycles. The molecule has 1 heterocycles. The predicted molar refractivity (Wildman–Crippen MR) is 74.2 cm³/mol. The lowest BCUT2D eigenvalue weighted by atomic mass is 9.97. The number of rotatable bonds is 4. The number of benzene rings is 1. The number of hydrogen-bond acceptors (Lipinski definition) is 2. The lowest BCUT2D eigenvalue weighted by Crippen LogP contribution is -2.16. The van der Waals surface area contributed by atoms with Crippen LogP contribution in [0.25, 0.3) is 11.1 Å². The second-order valence-electron chi connectivity index (χ2n) is 5.15. The molecule has 1 aromatic carbocycles. The molecule has 3 rings (SSSR count). The monoisotopic (exact) mass is 256 g/mol. The molecule has 98 valence electrons. The molecular weight excluding hydrogens is 239 g/mol. The highest BCUT2D eigenvalue weighted by atomic mass is 19.1. The van der Waals surface area contributed by atoms with E-state index in [4.69, 9.17) is 0 Å². The fourth-order valence-corrected chi connectivity index (χ4v) is 2.24. The Balaban J connectivity index is 1.97. The molecule has 2 aromatic rings. The second-order valence-corrected chi connectivity index (χ2v) is 5.15. The van der Waals surface area contributed by atoms with Crippen LogP contribution in [0.2, 0.25) is 0 Å². The third-order valence-electron chi connectivity index (χ3n) is 3.56. The molecular formula is C16H17FN2. The van der Waals surface area contributed by atoms with Crippen LogP contribution in [0.3, 0.4) is 0 Å². The van der Waals surface area contributed by atoms with Crippen LogP contribution in [0.4, 0.5) is 4.39 Å². The van der Waals surface area contributed by atoms with Crippen LogP contribution in [0, 0.1) is 12.7 Å². The highest BCUT2D eigenvalue weighted by molar-refractivity contribution is 5.69. The van der Waals surface area contributed by atoms with E-state index in [0.29, 0.717) is 6.04 Å². The molecule has 0 radical (unpaired) electrons. The first kappa shape index (κ1) is 12.3. The van der Waals surface area contributed by atoms with Gasteiger partial charge in [0, 0.05) is 30.5 Å². The van der Waals surface area contributed by atoms with Crippen molar-refractivity contribution >= 4 is 0 Å². The van der Waals surface area contributed by atoms with Crippen molar-refractivity contribution in [3.05, 3.63) is 53.6 Å². The summed E-state index contributed by atoms with van der Waals surface area (Å²) in [4.78, 5) is 4.16. The summed E-state index contributed by atoms with van der Waals surface area (Å²) in [5, 5.41) is 3.48. The molecule has 0 aliphatic heterocycles. The number of pyridine rings is 1. The Morgan fingerprint density at radius 1 is 1.26 bits per heavy atom. The fourth-order valence-electron chi connectivity index (χ4n) is 2.24. The molecule has 0 atom stereocenters. The first-order chi connectivity index (χ1) is 9.24. The Morgan fingerprint density at radius 2 is 2.11 bits per heavy atom. The third kappa shape index (κ3) is 2.82. The molecule has 1 N–H and O–H groups in total. The van der Waals surface area contributed by atoms with Gasteiger partial charge in [-0.05, 0) is 54.7 Å².